The smallest absolute Gasteiger partial charge is 0.226 e. The number of aromatic nitrogens is 2. The van der Waals surface area contributed by atoms with E-state index in [9.17, 15) is 4.79 Å². The molecule has 0 unspecified atom stereocenters. The van der Waals surface area contributed by atoms with Gasteiger partial charge in [-0.15, -0.1) is 0 Å². The molecule has 1 aromatic heterocycles. The molecule has 1 rings (SSSR count). The topological polar surface area (TPSA) is 79.0 Å². The van der Waals surface area contributed by atoms with Crippen LogP contribution in [0.1, 0.15) is 11.4 Å². The molecule has 17 heavy (non-hydrogen) atoms. The molecule has 1 aromatic rings. The summed E-state index contributed by atoms with van der Waals surface area (Å²) in [6.45, 7) is 4.75. The van der Waals surface area contributed by atoms with E-state index in [1.165, 1.54) is 0 Å². The largest absolute Gasteiger partial charge is 0.383 e. The Morgan fingerprint density at radius 3 is 2.94 bits per heavy atom. The van der Waals surface area contributed by atoms with Crippen molar-refractivity contribution in [2.75, 3.05) is 33.4 Å². The van der Waals surface area contributed by atoms with E-state index < -0.39 is 0 Å². The van der Waals surface area contributed by atoms with Crippen molar-refractivity contribution >= 4 is 5.91 Å². The zero-order valence-electron chi connectivity index (χ0n) is 10.4. The summed E-state index contributed by atoms with van der Waals surface area (Å²) in [5, 5.41) is 12.8. The lowest BCUT2D eigenvalue weighted by Gasteiger charge is -2.05. The molecule has 0 saturated carbocycles. The first-order valence-corrected chi connectivity index (χ1v) is 5.69. The van der Waals surface area contributed by atoms with Crippen LogP contribution in [0.5, 0.6) is 0 Å². The van der Waals surface area contributed by atoms with Crippen LogP contribution in [0.3, 0.4) is 0 Å². The van der Waals surface area contributed by atoms with Crippen LogP contribution >= 0.6 is 0 Å². The highest BCUT2D eigenvalue weighted by Crippen LogP contribution is 1.97. The number of carbonyl (C=O) groups is 1. The predicted octanol–water partition coefficient (Wildman–Crippen LogP) is -0.387. The summed E-state index contributed by atoms with van der Waals surface area (Å²) >= 11 is 0. The number of aromatic amines is 1. The van der Waals surface area contributed by atoms with Crippen LogP contribution in [-0.4, -0.2) is 49.5 Å². The predicted molar refractivity (Wildman–Crippen MR) is 64.8 cm³/mol. The van der Waals surface area contributed by atoms with Crippen molar-refractivity contribution in [1.29, 1.82) is 0 Å². The fourth-order valence-electron chi connectivity index (χ4n) is 1.38. The third-order valence-corrected chi connectivity index (χ3v) is 2.21. The van der Waals surface area contributed by atoms with Crippen molar-refractivity contribution in [3.05, 3.63) is 17.5 Å². The van der Waals surface area contributed by atoms with Crippen LogP contribution in [-0.2, 0) is 16.0 Å². The number of rotatable bonds is 8. The Morgan fingerprint density at radius 2 is 2.29 bits per heavy atom. The number of aryl methyl sites for hydroxylation is 1. The molecular formula is C11H20N4O2. The van der Waals surface area contributed by atoms with Crippen molar-refractivity contribution in [1.82, 2.24) is 20.8 Å². The third-order valence-electron chi connectivity index (χ3n) is 2.21. The number of carbonyl (C=O) groups excluding carboxylic acids is 1. The Kier molecular flexibility index (Phi) is 6.27. The van der Waals surface area contributed by atoms with Crippen molar-refractivity contribution in [2.45, 2.75) is 13.3 Å². The summed E-state index contributed by atoms with van der Waals surface area (Å²) in [5.41, 5.74) is 1.74. The fraction of sp³-hybridized carbons (Fsp3) is 0.636. The van der Waals surface area contributed by atoms with E-state index in [0.29, 0.717) is 19.6 Å². The average molecular weight is 240 g/mol. The highest BCUT2D eigenvalue weighted by Gasteiger charge is 2.04. The van der Waals surface area contributed by atoms with Gasteiger partial charge in [-0.3, -0.25) is 9.89 Å². The van der Waals surface area contributed by atoms with Gasteiger partial charge in [-0.05, 0) is 13.0 Å². The number of nitrogens with one attached hydrogen (secondary N) is 3. The van der Waals surface area contributed by atoms with Gasteiger partial charge in [0.05, 0.1) is 18.7 Å². The summed E-state index contributed by atoms with van der Waals surface area (Å²) in [6, 6.07) is 1.87. The SMILES string of the molecule is COCCNCCNC(=O)Cc1cc(C)[nH]n1. The lowest BCUT2D eigenvalue weighted by molar-refractivity contribution is -0.120. The maximum absolute atomic E-state index is 11.5. The molecule has 0 aliphatic rings. The molecule has 6 heteroatoms. The summed E-state index contributed by atoms with van der Waals surface area (Å²) < 4.78 is 4.89. The lowest BCUT2D eigenvalue weighted by Crippen LogP contribution is -2.33. The first-order chi connectivity index (χ1) is 8.22. The van der Waals surface area contributed by atoms with Crippen LogP contribution in [0, 0.1) is 6.92 Å². The van der Waals surface area contributed by atoms with Gasteiger partial charge >= 0.3 is 0 Å². The van der Waals surface area contributed by atoms with Crippen LogP contribution in [0.25, 0.3) is 0 Å². The molecule has 0 saturated heterocycles. The monoisotopic (exact) mass is 240 g/mol. The number of hydrogen-bond acceptors (Lipinski definition) is 4. The summed E-state index contributed by atoms with van der Waals surface area (Å²) in [5.74, 6) is -0.00922. The second-order valence-corrected chi connectivity index (χ2v) is 3.81. The van der Waals surface area contributed by atoms with E-state index in [1.807, 2.05) is 13.0 Å². The Labute approximate surface area is 101 Å². The van der Waals surface area contributed by atoms with E-state index in [4.69, 9.17) is 4.74 Å². The van der Waals surface area contributed by atoms with E-state index >= 15 is 0 Å². The minimum atomic E-state index is -0.00922. The molecule has 0 fully saturated rings. The van der Waals surface area contributed by atoms with Gasteiger partial charge < -0.3 is 15.4 Å². The van der Waals surface area contributed by atoms with Gasteiger partial charge in [-0.2, -0.15) is 5.10 Å². The maximum atomic E-state index is 11.5. The number of methoxy groups -OCH3 is 1. The zero-order chi connectivity index (χ0) is 12.5. The average Bonchev–Trinajstić information content (AvgIpc) is 2.69. The molecular weight excluding hydrogens is 220 g/mol. The number of ether oxygens (including phenoxy) is 1. The molecule has 0 spiro atoms. The Bertz CT molecular complexity index is 338. The minimum Gasteiger partial charge on any atom is -0.383 e. The fourth-order valence-corrected chi connectivity index (χ4v) is 1.38. The summed E-state index contributed by atoms with van der Waals surface area (Å²) in [4.78, 5) is 11.5. The first kappa shape index (κ1) is 13.7. The van der Waals surface area contributed by atoms with E-state index in [-0.39, 0.29) is 5.91 Å². The van der Waals surface area contributed by atoms with Crippen molar-refractivity contribution in [3.8, 4) is 0 Å². The number of hydrogen-bond donors (Lipinski definition) is 3. The molecule has 0 aliphatic heterocycles. The van der Waals surface area contributed by atoms with Crippen molar-refractivity contribution in [2.24, 2.45) is 0 Å². The molecule has 1 heterocycles. The molecule has 0 aromatic carbocycles. The van der Waals surface area contributed by atoms with Gasteiger partial charge in [-0.1, -0.05) is 0 Å². The van der Waals surface area contributed by atoms with E-state index in [0.717, 1.165) is 24.5 Å². The van der Waals surface area contributed by atoms with Gasteiger partial charge in [0.15, 0.2) is 0 Å². The standard InChI is InChI=1S/C11H20N4O2/c1-9-7-10(15-14-9)8-11(16)13-4-3-12-5-6-17-2/h7,12H,3-6,8H2,1-2H3,(H,13,16)(H,14,15). The van der Waals surface area contributed by atoms with Crippen LogP contribution in [0.4, 0.5) is 0 Å². The summed E-state index contributed by atoms with van der Waals surface area (Å²) in [6.07, 6.45) is 0.322. The minimum absolute atomic E-state index is 0.00922. The highest BCUT2D eigenvalue weighted by molar-refractivity contribution is 5.78. The van der Waals surface area contributed by atoms with Crippen molar-refractivity contribution < 1.29 is 9.53 Å². The molecule has 0 aliphatic carbocycles. The van der Waals surface area contributed by atoms with E-state index in [2.05, 4.69) is 20.8 Å². The number of H-pyrrole nitrogens is 1. The molecule has 0 atom stereocenters. The zero-order valence-corrected chi connectivity index (χ0v) is 10.4. The molecule has 1 amide bonds. The second kappa shape index (κ2) is 7.81. The molecule has 3 N–H and O–H groups in total. The number of nitrogens with zero attached hydrogens (tertiary/aromatic N) is 1. The molecule has 0 radical (unpaired) electrons. The second-order valence-electron chi connectivity index (χ2n) is 3.81. The van der Waals surface area contributed by atoms with Crippen LogP contribution in [0.2, 0.25) is 0 Å². The molecule has 6 nitrogen and oxygen atoms in total. The van der Waals surface area contributed by atoms with E-state index in [1.54, 1.807) is 7.11 Å². The number of amides is 1. The Morgan fingerprint density at radius 1 is 1.47 bits per heavy atom. The van der Waals surface area contributed by atoms with Gasteiger partial charge in [0.25, 0.3) is 0 Å². The van der Waals surface area contributed by atoms with Crippen LogP contribution < -0.4 is 10.6 Å². The van der Waals surface area contributed by atoms with Gasteiger partial charge in [0.2, 0.25) is 5.91 Å². The maximum Gasteiger partial charge on any atom is 0.226 e. The Hall–Kier alpha value is -1.40. The van der Waals surface area contributed by atoms with Crippen molar-refractivity contribution in [3.63, 3.8) is 0 Å². The van der Waals surface area contributed by atoms with Gasteiger partial charge in [0.1, 0.15) is 0 Å². The van der Waals surface area contributed by atoms with Gasteiger partial charge in [-0.25, -0.2) is 0 Å². The summed E-state index contributed by atoms with van der Waals surface area (Å²) in [7, 11) is 1.66. The lowest BCUT2D eigenvalue weighted by atomic mass is 10.3. The molecule has 96 valence electrons. The normalized spacial score (nSPS) is 10.5. The van der Waals surface area contributed by atoms with Crippen LogP contribution in [0.15, 0.2) is 6.07 Å². The van der Waals surface area contributed by atoms with Gasteiger partial charge in [0, 0.05) is 32.4 Å². The quantitative estimate of drug-likeness (QED) is 0.541. The Balaban J connectivity index is 2.05. The molecule has 0 bridgehead atoms. The first-order valence-electron chi connectivity index (χ1n) is 5.69. The highest BCUT2D eigenvalue weighted by atomic mass is 16.5. The third kappa shape index (κ3) is 6.03.